The molecule has 1 saturated carbocycles. The van der Waals surface area contributed by atoms with Crippen molar-refractivity contribution in [2.45, 2.75) is 56.9 Å². The highest BCUT2D eigenvalue weighted by molar-refractivity contribution is 5.96. The number of aryl methyl sites for hydroxylation is 1. The van der Waals surface area contributed by atoms with Crippen molar-refractivity contribution in [1.29, 1.82) is 0 Å². The summed E-state index contributed by atoms with van der Waals surface area (Å²) in [4.78, 5) is 15.3. The van der Waals surface area contributed by atoms with Crippen LogP contribution in [0.2, 0.25) is 0 Å². The number of fused-ring (bicyclic) bond motifs is 1. The molecule has 1 amide bonds. The number of benzene rings is 1. The predicted molar refractivity (Wildman–Crippen MR) is 92.6 cm³/mol. The summed E-state index contributed by atoms with van der Waals surface area (Å²) in [5.41, 5.74) is 2.10. The zero-order valence-electron chi connectivity index (χ0n) is 14.0. The Kier molecular flexibility index (Phi) is 4.14. The number of hydrogen-bond donors (Lipinski definition) is 1. The highest BCUT2D eigenvalue weighted by Crippen LogP contribution is 2.32. The van der Waals surface area contributed by atoms with Gasteiger partial charge in [0.15, 0.2) is 0 Å². The van der Waals surface area contributed by atoms with Crippen molar-refractivity contribution in [3.63, 3.8) is 0 Å². The van der Waals surface area contributed by atoms with E-state index in [4.69, 9.17) is 0 Å². The maximum atomic E-state index is 12.6. The van der Waals surface area contributed by atoms with Crippen molar-refractivity contribution >= 4 is 5.91 Å². The van der Waals surface area contributed by atoms with Crippen molar-refractivity contribution in [2.24, 2.45) is 5.92 Å². The summed E-state index contributed by atoms with van der Waals surface area (Å²) in [5.74, 6) is 1.02. The van der Waals surface area contributed by atoms with Crippen LogP contribution >= 0.6 is 0 Å². The zero-order chi connectivity index (χ0) is 15.7. The summed E-state index contributed by atoms with van der Waals surface area (Å²) in [7, 11) is 0. The van der Waals surface area contributed by atoms with Crippen LogP contribution in [0.1, 0.15) is 60.9 Å². The molecule has 3 nitrogen and oxygen atoms in total. The van der Waals surface area contributed by atoms with Crippen LogP contribution in [-0.2, 0) is 6.42 Å². The Morgan fingerprint density at radius 1 is 1.13 bits per heavy atom. The van der Waals surface area contributed by atoms with Crippen molar-refractivity contribution < 1.29 is 4.79 Å². The first-order valence-corrected chi connectivity index (χ1v) is 9.37. The van der Waals surface area contributed by atoms with Crippen LogP contribution in [0.4, 0.5) is 0 Å². The number of rotatable bonds is 2. The van der Waals surface area contributed by atoms with Crippen molar-refractivity contribution in [3.8, 4) is 0 Å². The van der Waals surface area contributed by atoms with E-state index in [-0.39, 0.29) is 11.4 Å². The first-order valence-electron chi connectivity index (χ1n) is 9.37. The van der Waals surface area contributed by atoms with E-state index >= 15 is 0 Å². The second-order valence-corrected chi connectivity index (χ2v) is 7.88. The van der Waals surface area contributed by atoms with Crippen LogP contribution in [0.25, 0.3) is 0 Å². The molecule has 1 aliphatic carbocycles. The monoisotopic (exact) mass is 312 g/mol. The van der Waals surface area contributed by atoms with Gasteiger partial charge in [0, 0.05) is 25.2 Å². The second kappa shape index (κ2) is 6.27. The lowest BCUT2D eigenvalue weighted by Crippen LogP contribution is -2.49. The van der Waals surface area contributed by atoms with E-state index in [1.807, 2.05) is 18.2 Å². The first-order chi connectivity index (χ1) is 11.2. The van der Waals surface area contributed by atoms with Crippen LogP contribution in [-0.4, -0.2) is 36.0 Å². The molecule has 4 rings (SSSR count). The number of hydrogen-bond acceptors (Lipinski definition) is 2. The summed E-state index contributed by atoms with van der Waals surface area (Å²) < 4.78 is 0. The van der Waals surface area contributed by atoms with Gasteiger partial charge >= 0.3 is 0 Å². The van der Waals surface area contributed by atoms with Gasteiger partial charge in [-0.2, -0.15) is 0 Å². The zero-order valence-corrected chi connectivity index (χ0v) is 14.0. The molecule has 2 fully saturated rings. The van der Waals surface area contributed by atoms with E-state index in [1.165, 1.54) is 44.2 Å². The molecule has 124 valence electrons. The van der Waals surface area contributed by atoms with E-state index in [0.29, 0.717) is 0 Å². The minimum atomic E-state index is 0.00473. The Morgan fingerprint density at radius 2 is 1.96 bits per heavy atom. The molecule has 3 heteroatoms. The van der Waals surface area contributed by atoms with E-state index in [0.717, 1.165) is 43.8 Å². The molecule has 0 aromatic heterocycles. The SMILES string of the molecule is O=C1N[C@]2(CCc3ccccc31)CCN(CC1CCCCC1)C2. The molecule has 1 aromatic carbocycles. The van der Waals surface area contributed by atoms with Gasteiger partial charge in [-0.05, 0) is 49.7 Å². The second-order valence-electron chi connectivity index (χ2n) is 7.88. The number of nitrogens with zero attached hydrogens (tertiary/aromatic N) is 1. The highest BCUT2D eigenvalue weighted by Gasteiger charge is 2.41. The minimum absolute atomic E-state index is 0.00473. The summed E-state index contributed by atoms with van der Waals surface area (Å²) in [6, 6.07) is 8.11. The van der Waals surface area contributed by atoms with E-state index in [9.17, 15) is 4.79 Å². The first kappa shape index (κ1) is 15.2. The van der Waals surface area contributed by atoms with Crippen molar-refractivity contribution in [2.75, 3.05) is 19.6 Å². The van der Waals surface area contributed by atoms with Crippen LogP contribution in [0.15, 0.2) is 24.3 Å². The molecule has 3 aliphatic rings. The Morgan fingerprint density at radius 3 is 2.83 bits per heavy atom. The molecule has 1 saturated heterocycles. The van der Waals surface area contributed by atoms with Gasteiger partial charge in [0.2, 0.25) is 0 Å². The van der Waals surface area contributed by atoms with Gasteiger partial charge in [-0.25, -0.2) is 0 Å². The maximum absolute atomic E-state index is 12.6. The number of nitrogens with one attached hydrogen (secondary N) is 1. The van der Waals surface area contributed by atoms with Crippen molar-refractivity contribution in [3.05, 3.63) is 35.4 Å². The van der Waals surface area contributed by atoms with Gasteiger partial charge in [0.1, 0.15) is 0 Å². The number of carbonyl (C=O) groups excluding carboxylic acids is 1. The molecule has 1 atom stereocenters. The standard InChI is InChI=1S/C20H28N2O/c23-19-18-9-5-4-8-17(18)10-11-20(21-19)12-13-22(15-20)14-16-6-2-1-3-7-16/h4-5,8-9,16H,1-3,6-7,10-15H2,(H,21,23)/t20-/m1/s1. The molecule has 0 bridgehead atoms. The summed E-state index contributed by atoms with van der Waals surface area (Å²) in [6.07, 6.45) is 10.3. The Labute approximate surface area is 139 Å². The Balaban J connectivity index is 1.43. The fourth-order valence-electron chi connectivity index (χ4n) is 4.86. The molecule has 23 heavy (non-hydrogen) atoms. The lowest BCUT2D eigenvalue weighted by Gasteiger charge is -2.31. The summed E-state index contributed by atoms with van der Waals surface area (Å²) in [6.45, 7) is 3.43. The van der Waals surface area contributed by atoms with Gasteiger partial charge in [-0.1, -0.05) is 37.5 Å². The van der Waals surface area contributed by atoms with Crippen LogP contribution in [0.3, 0.4) is 0 Å². The van der Waals surface area contributed by atoms with Crippen LogP contribution in [0.5, 0.6) is 0 Å². The molecular weight excluding hydrogens is 284 g/mol. The van der Waals surface area contributed by atoms with E-state index in [1.54, 1.807) is 0 Å². The molecule has 0 radical (unpaired) electrons. The molecule has 1 spiro atoms. The number of likely N-dealkylation sites (tertiary alicyclic amines) is 1. The van der Waals surface area contributed by atoms with Gasteiger partial charge in [0.05, 0.1) is 5.54 Å². The summed E-state index contributed by atoms with van der Waals surface area (Å²) >= 11 is 0. The molecule has 2 heterocycles. The van der Waals surface area contributed by atoms with E-state index < -0.39 is 0 Å². The quantitative estimate of drug-likeness (QED) is 0.908. The predicted octanol–water partition coefficient (Wildman–Crippen LogP) is 3.39. The fraction of sp³-hybridized carbons (Fsp3) is 0.650. The number of amides is 1. The molecule has 2 aliphatic heterocycles. The third-order valence-electron chi connectivity index (χ3n) is 6.19. The molecular formula is C20H28N2O. The lowest BCUT2D eigenvalue weighted by atomic mass is 9.89. The topological polar surface area (TPSA) is 32.3 Å². The van der Waals surface area contributed by atoms with Gasteiger partial charge in [-0.15, -0.1) is 0 Å². The summed E-state index contributed by atoms with van der Waals surface area (Å²) in [5, 5.41) is 3.40. The Bertz CT molecular complexity index is 579. The normalized spacial score (nSPS) is 29.3. The molecule has 0 unspecified atom stereocenters. The third kappa shape index (κ3) is 3.16. The average Bonchev–Trinajstić information content (AvgIpc) is 2.90. The third-order valence-corrected chi connectivity index (χ3v) is 6.19. The van der Waals surface area contributed by atoms with Gasteiger partial charge < -0.3 is 10.2 Å². The Hall–Kier alpha value is -1.35. The minimum Gasteiger partial charge on any atom is -0.345 e. The smallest absolute Gasteiger partial charge is 0.252 e. The number of carbonyl (C=O) groups is 1. The van der Waals surface area contributed by atoms with Crippen LogP contribution in [0, 0.1) is 5.92 Å². The molecule has 1 aromatic rings. The van der Waals surface area contributed by atoms with E-state index in [2.05, 4.69) is 16.3 Å². The average molecular weight is 312 g/mol. The van der Waals surface area contributed by atoms with Crippen LogP contribution < -0.4 is 5.32 Å². The fourth-order valence-corrected chi connectivity index (χ4v) is 4.86. The largest absolute Gasteiger partial charge is 0.345 e. The highest BCUT2D eigenvalue weighted by atomic mass is 16.1. The van der Waals surface area contributed by atoms with Gasteiger partial charge in [0.25, 0.3) is 5.91 Å². The van der Waals surface area contributed by atoms with Crippen molar-refractivity contribution in [1.82, 2.24) is 10.2 Å². The lowest BCUT2D eigenvalue weighted by molar-refractivity contribution is 0.0900. The maximum Gasteiger partial charge on any atom is 0.252 e. The van der Waals surface area contributed by atoms with Gasteiger partial charge in [-0.3, -0.25) is 4.79 Å². The molecule has 1 N–H and O–H groups in total.